The number of fused-ring (bicyclic) bond motifs is 1. The number of pyridine rings is 1. The molecule has 0 aliphatic carbocycles. The second-order valence-corrected chi connectivity index (χ2v) is 17.2. The summed E-state index contributed by atoms with van der Waals surface area (Å²) in [5, 5.41) is 6.42. The summed E-state index contributed by atoms with van der Waals surface area (Å²) in [4.78, 5) is 77.2. The quantitative estimate of drug-likeness (QED) is 0.113. The molecule has 4 amide bonds. The summed E-state index contributed by atoms with van der Waals surface area (Å²) in [6.07, 6.45) is 7.86. The predicted molar refractivity (Wildman–Crippen MR) is 235 cm³/mol. The first-order chi connectivity index (χ1) is 31.7. The first-order valence-corrected chi connectivity index (χ1v) is 22.5. The number of amides is 4. The summed E-state index contributed by atoms with van der Waals surface area (Å²) in [5.74, 6) is 0.363. The molecule has 4 N–H and O–H groups in total. The fourth-order valence-corrected chi connectivity index (χ4v) is 9.85. The van der Waals surface area contributed by atoms with Gasteiger partial charge in [0.25, 0.3) is 0 Å². The zero-order chi connectivity index (χ0) is 45.0. The molecule has 0 bridgehead atoms. The summed E-state index contributed by atoms with van der Waals surface area (Å²) in [5.41, 5.74) is 4.29. The highest BCUT2D eigenvalue weighted by Crippen LogP contribution is 2.37. The maximum absolute atomic E-state index is 16.0. The van der Waals surface area contributed by atoms with Crippen molar-refractivity contribution in [3.05, 3.63) is 78.4 Å². The Hall–Kier alpha value is -6.40. The van der Waals surface area contributed by atoms with Crippen LogP contribution in [0.3, 0.4) is 0 Å². The molecule has 342 valence electrons. The first kappa shape index (κ1) is 43.8. The van der Waals surface area contributed by atoms with Crippen LogP contribution in [0.5, 0.6) is 0 Å². The molecule has 3 aromatic heterocycles. The largest absolute Gasteiger partial charge is 0.453 e. The Balaban J connectivity index is 0.878. The van der Waals surface area contributed by atoms with Gasteiger partial charge in [0.2, 0.25) is 11.8 Å². The number of rotatable bonds is 11. The van der Waals surface area contributed by atoms with Gasteiger partial charge < -0.3 is 49.3 Å². The van der Waals surface area contributed by atoms with Crippen molar-refractivity contribution in [1.29, 1.82) is 0 Å². The number of likely N-dealkylation sites (tertiary alicyclic amines) is 2. The lowest BCUT2D eigenvalue weighted by Crippen LogP contribution is -2.53. The van der Waals surface area contributed by atoms with E-state index in [1.807, 2.05) is 41.4 Å². The smallest absolute Gasteiger partial charge is 0.407 e. The summed E-state index contributed by atoms with van der Waals surface area (Å²) < 4.78 is 36.7. The molecule has 5 aromatic rings. The van der Waals surface area contributed by atoms with Crippen molar-refractivity contribution >= 4 is 34.9 Å². The number of nitrogens with zero attached hydrogens (tertiary/aromatic N) is 5. The molecule has 0 radical (unpaired) electrons. The van der Waals surface area contributed by atoms with Gasteiger partial charge in [-0.25, -0.2) is 28.9 Å². The van der Waals surface area contributed by atoms with E-state index in [1.54, 1.807) is 23.2 Å². The first-order valence-electron chi connectivity index (χ1n) is 22.5. The molecule has 0 saturated carbocycles. The predicted octanol–water partition coefficient (Wildman–Crippen LogP) is 6.45. The Morgan fingerprint density at radius 2 is 1.32 bits per heavy atom. The second kappa shape index (κ2) is 19.4. The van der Waals surface area contributed by atoms with Gasteiger partial charge in [-0.3, -0.25) is 9.59 Å². The summed E-state index contributed by atoms with van der Waals surface area (Å²) in [6, 6.07) is 12.4. The van der Waals surface area contributed by atoms with E-state index in [2.05, 4.69) is 25.6 Å². The standard InChI is InChI=1S/C47H54FN9O8/c1-62-46(60)54-40(27-13-19-64-20-14-27)44(58)56-17-3-5-38(56)42-49-25-36(52-42)30-8-11-34-29(23-30)9-12-35(51-34)32-10-7-31(24-33(32)48)37-26-50-43(53-37)39-6-4-18-57(39)45(59)41(55-47(61)63-2)28-15-21-65-22-16-28/h7-12,23-28,38-41H,3-6,13-22H2,1-2H3,(H,49,52)(H,50,53)(H,54,60)(H,55,61)/t38?,39-,40-,41-/m0/s1. The van der Waals surface area contributed by atoms with Crippen LogP contribution >= 0.6 is 0 Å². The molecule has 17 nitrogen and oxygen atoms in total. The van der Waals surface area contributed by atoms with Gasteiger partial charge in [-0.2, -0.15) is 0 Å². The van der Waals surface area contributed by atoms with Crippen LogP contribution < -0.4 is 10.6 Å². The van der Waals surface area contributed by atoms with Crippen LogP contribution in [0.1, 0.15) is 75.1 Å². The van der Waals surface area contributed by atoms with E-state index in [1.165, 1.54) is 20.3 Å². The minimum Gasteiger partial charge on any atom is -0.453 e. The Labute approximate surface area is 375 Å². The van der Waals surface area contributed by atoms with Crippen LogP contribution in [0.15, 0.2) is 60.9 Å². The lowest BCUT2D eigenvalue weighted by molar-refractivity contribution is -0.137. The number of aromatic nitrogens is 5. The third kappa shape index (κ3) is 9.27. The monoisotopic (exact) mass is 891 g/mol. The second-order valence-electron chi connectivity index (χ2n) is 17.2. The molecular weight excluding hydrogens is 838 g/mol. The average Bonchev–Trinajstić information content (AvgIpc) is 4.20. The normalized spacial score (nSPS) is 20.4. The number of ether oxygens (including phenoxy) is 4. The van der Waals surface area contributed by atoms with Crippen molar-refractivity contribution in [3.8, 4) is 33.8 Å². The van der Waals surface area contributed by atoms with E-state index in [9.17, 15) is 19.2 Å². The third-order valence-electron chi connectivity index (χ3n) is 13.4. The van der Waals surface area contributed by atoms with Crippen LogP contribution in [-0.4, -0.2) is 125 Å². The van der Waals surface area contributed by atoms with Crippen LogP contribution in [0.25, 0.3) is 44.7 Å². The van der Waals surface area contributed by atoms with Gasteiger partial charge in [-0.1, -0.05) is 18.2 Å². The maximum atomic E-state index is 16.0. The number of methoxy groups -OCH3 is 2. The Kier molecular flexibility index (Phi) is 13.1. The molecule has 9 rings (SSSR count). The summed E-state index contributed by atoms with van der Waals surface area (Å²) in [7, 11) is 2.57. The van der Waals surface area contributed by atoms with Crippen molar-refractivity contribution in [2.24, 2.45) is 11.8 Å². The van der Waals surface area contributed by atoms with Crippen molar-refractivity contribution in [2.75, 3.05) is 53.7 Å². The number of halogens is 1. The van der Waals surface area contributed by atoms with E-state index < -0.39 is 30.1 Å². The zero-order valence-electron chi connectivity index (χ0n) is 36.5. The van der Waals surface area contributed by atoms with Gasteiger partial charge in [0.15, 0.2) is 0 Å². The number of hydrogen-bond acceptors (Lipinski definition) is 11. The Bertz CT molecular complexity index is 2540. The van der Waals surface area contributed by atoms with Crippen molar-refractivity contribution in [3.63, 3.8) is 0 Å². The number of H-pyrrole nitrogens is 2. The van der Waals surface area contributed by atoms with Gasteiger partial charge in [0.05, 0.1) is 55.1 Å². The summed E-state index contributed by atoms with van der Waals surface area (Å²) >= 11 is 0. The number of carbonyl (C=O) groups is 4. The van der Waals surface area contributed by atoms with Crippen molar-refractivity contribution in [2.45, 2.75) is 75.5 Å². The lowest BCUT2D eigenvalue weighted by Gasteiger charge is -2.34. The topological polar surface area (TPSA) is 206 Å². The van der Waals surface area contributed by atoms with Gasteiger partial charge in [-0.15, -0.1) is 0 Å². The number of aromatic amines is 2. The van der Waals surface area contributed by atoms with Crippen LogP contribution in [-0.2, 0) is 28.5 Å². The number of benzene rings is 2. The Morgan fingerprint density at radius 1 is 0.723 bits per heavy atom. The van der Waals surface area contributed by atoms with Crippen molar-refractivity contribution < 1.29 is 42.5 Å². The van der Waals surface area contributed by atoms with E-state index in [0.717, 1.165) is 30.2 Å². The third-order valence-corrected chi connectivity index (χ3v) is 13.4. The molecule has 0 spiro atoms. The van der Waals surface area contributed by atoms with Crippen LogP contribution in [0.2, 0.25) is 0 Å². The molecule has 7 heterocycles. The molecule has 4 fully saturated rings. The fraction of sp³-hybridized carbons (Fsp3) is 0.468. The van der Waals surface area contributed by atoms with E-state index in [0.29, 0.717) is 117 Å². The minimum absolute atomic E-state index is 0.0568. The molecular formula is C47H54FN9O8. The lowest BCUT2D eigenvalue weighted by atomic mass is 9.90. The maximum Gasteiger partial charge on any atom is 0.407 e. The summed E-state index contributed by atoms with van der Waals surface area (Å²) in [6.45, 7) is 3.20. The van der Waals surface area contributed by atoms with Gasteiger partial charge in [-0.05, 0) is 93.5 Å². The van der Waals surface area contributed by atoms with Gasteiger partial charge in [0, 0.05) is 67.8 Å². The highest BCUT2D eigenvalue weighted by Gasteiger charge is 2.42. The highest BCUT2D eigenvalue weighted by atomic mass is 19.1. The minimum atomic E-state index is -0.743. The molecule has 65 heavy (non-hydrogen) atoms. The number of imidazole rings is 2. The average molecular weight is 892 g/mol. The van der Waals surface area contributed by atoms with Crippen LogP contribution in [0.4, 0.5) is 14.0 Å². The molecule has 2 aromatic carbocycles. The van der Waals surface area contributed by atoms with Gasteiger partial charge in [0.1, 0.15) is 29.5 Å². The number of alkyl carbamates (subject to hydrolysis) is 2. The molecule has 4 atom stereocenters. The van der Waals surface area contributed by atoms with Crippen LogP contribution in [0, 0.1) is 17.7 Å². The van der Waals surface area contributed by atoms with E-state index >= 15 is 4.39 Å². The molecule has 4 saturated heterocycles. The zero-order valence-corrected chi connectivity index (χ0v) is 36.5. The molecule has 1 unspecified atom stereocenters. The number of hydrogen-bond donors (Lipinski definition) is 4. The highest BCUT2D eigenvalue weighted by molar-refractivity contribution is 5.88. The number of nitrogens with one attached hydrogen (secondary N) is 4. The molecule has 4 aliphatic rings. The SMILES string of the molecule is COC(=O)N[C@H](C(=O)N1CCCC1c1nc(-c2ccc3nc(-c4ccc(-c5cnc([C@@H]6CCCN6C(=O)[C@@H](NC(=O)OC)C6CCOCC6)[nH]5)cc4F)ccc3c2)c[nH]1)C1CCOCC1. The number of carbonyl (C=O) groups excluding carboxylic acids is 4. The fourth-order valence-electron chi connectivity index (χ4n) is 9.85. The van der Waals surface area contributed by atoms with E-state index in [4.69, 9.17) is 28.9 Å². The van der Waals surface area contributed by atoms with Gasteiger partial charge >= 0.3 is 12.2 Å². The molecule has 4 aliphatic heterocycles. The molecule has 18 heteroatoms. The van der Waals surface area contributed by atoms with Crippen molar-refractivity contribution in [1.82, 2.24) is 45.4 Å². The van der Waals surface area contributed by atoms with E-state index in [-0.39, 0.29) is 35.7 Å². The Morgan fingerprint density at radius 3 is 1.92 bits per heavy atom.